The van der Waals surface area contributed by atoms with Crippen molar-refractivity contribution in [3.05, 3.63) is 64.9 Å². The van der Waals surface area contributed by atoms with Gasteiger partial charge in [-0.1, -0.05) is 35.9 Å². The van der Waals surface area contributed by atoms with Crippen LogP contribution in [0.2, 0.25) is 5.02 Å². The molecule has 2 N–H and O–H groups in total. The number of aliphatic imine (C=N–C) groups is 1. The Labute approximate surface area is 164 Å². The Morgan fingerprint density at radius 3 is 2.48 bits per heavy atom. The van der Waals surface area contributed by atoms with E-state index in [9.17, 15) is 12.8 Å². The fraction of sp³-hybridized carbons (Fsp3) is 0.316. The lowest BCUT2D eigenvalue weighted by Crippen LogP contribution is -2.39. The second-order valence-corrected chi connectivity index (χ2v) is 8.44. The molecule has 0 spiro atoms. The molecule has 0 amide bonds. The quantitative estimate of drug-likeness (QED) is 0.539. The van der Waals surface area contributed by atoms with E-state index < -0.39 is 15.7 Å². The highest BCUT2D eigenvalue weighted by Gasteiger charge is 2.18. The number of benzene rings is 2. The molecule has 0 bridgehead atoms. The topological polar surface area (TPSA) is 70.6 Å². The Hall–Kier alpha value is -2.12. The van der Waals surface area contributed by atoms with Crippen LogP contribution in [0.1, 0.15) is 25.5 Å². The number of sulfone groups is 1. The van der Waals surface area contributed by atoms with Gasteiger partial charge in [-0.3, -0.25) is 4.99 Å². The number of nitrogens with one attached hydrogen (secondary N) is 2. The lowest BCUT2D eigenvalue weighted by Gasteiger charge is -2.18. The highest BCUT2D eigenvalue weighted by atomic mass is 35.5. The van der Waals surface area contributed by atoms with Gasteiger partial charge < -0.3 is 10.6 Å². The van der Waals surface area contributed by atoms with E-state index in [0.717, 1.165) is 11.6 Å². The maximum absolute atomic E-state index is 13.7. The Balaban J connectivity index is 2.04. The van der Waals surface area contributed by atoms with E-state index in [1.54, 1.807) is 12.1 Å². The van der Waals surface area contributed by atoms with Crippen LogP contribution in [-0.4, -0.2) is 33.2 Å². The molecule has 0 saturated carbocycles. The molecule has 0 heterocycles. The summed E-state index contributed by atoms with van der Waals surface area (Å²) in [6.07, 6.45) is 0. The van der Waals surface area contributed by atoms with Crippen LogP contribution in [0.3, 0.4) is 0 Å². The van der Waals surface area contributed by atoms with Crippen LogP contribution < -0.4 is 10.6 Å². The molecule has 0 aliphatic carbocycles. The Bertz CT molecular complexity index is 886. The Kier molecular flexibility index (Phi) is 7.62. The molecule has 5 nitrogen and oxygen atoms in total. The second kappa shape index (κ2) is 9.71. The summed E-state index contributed by atoms with van der Waals surface area (Å²) < 4.78 is 38.3. The van der Waals surface area contributed by atoms with Gasteiger partial charge in [-0.05, 0) is 43.7 Å². The molecule has 0 aliphatic rings. The molecule has 1 unspecified atom stereocenters. The lowest BCUT2D eigenvalue weighted by atomic mass is 10.1. The summed E-state index contributed by atoms with van der Waals surface area (Å²) in [5, 5.41) is 6.95. The zero-order valence-corrected chi connectivity index (χ0v) is 16.8. The molecular weight excluding hydrogens is 389 g/mol. The summed E-state index contributed by atoms with van der Waals surface area (Å²) >= 11 is 5.90. The average molecular weight is 412 g/mol. The number of hydrogen-bond acceptors (Lipinski definition) is 3. The van der Waals surface area contributed by atoms with Gasteiger partial charge in [0.2, 0.25) is 0 Å². The van der Waals surface area contributed by atoms with E-state index in [2.05, 4.69) is 15.6 Å². The van der Waals surface area contributed by atoms with Crippen molar-refractivity contribution in [3.63, 3.8) is 0 Å². The third kappa shape index (κ3) is 6.22. The molecule has 2 rings (SSSR count). The van der Waals surface area contributed by atoms with E-state index >= 15 is 0 Å². The van der Waals surface area contributed by atoms with Gasteiger partial charge in [0.25, 0.3) is 0 Å². The molecule has 0 aliphatic heterocycles. The molecule has 146 valence electrons. The Morgan fingerprint density at radius 1 is 1.19 bits per heavy atom. The van der Waals surface area contributed by atoms with Crippen LogP contribution in [0, 0.1) is 5.82 Å². The van der Waals surface area contributed by atoms with Crippen molar-refractivity contribution in [2.24, 2.45) is 4.99 Å². The standard InChI is InChI=1S/C19H23ClFN3O2S/c1-3-22-19(24-14(2)15-8-10-16(20)11-9-15)23-12-13-27(25,26)18-7-5-4-6-17(18)21/h4-11,14H,3,12-13H2,1-2H3,(H2,22,23,24). The monoisotopic (exact) mass is 411 g/mol. The summed E-state index contributed by atoms with van der Waals surface area (Å²) in [7, 11) is -3.74. The van der Waals surface area contributed by atoms with E-state index in [1.807, 2.05) is 26.0 Å². The average Bonchev–Trinajstić information content (AvgIpc) is 2.62. The van der Waals surface area contributed by atoms with Gasteiger partial charge in [-0.15, -0.1) is 0 Å². The number of rotatable bonds is 7. The largest absolute Gasteiger partial charge is 0.357 e. The fourth-order valence-corrected chi connectivity index (χ4v) is 3.77. The third-order valence-corrected chi connectivity index (χ3v) is 5.84. The summed E-state index contributed by atoms with van der Waals surface area (Å²) in [5.41, 5.74) is 1.02. The molecular formula is C19H23ClFN3O2S. The van der Waals surface area contributed by atoms with Gasteiger partial charge in [-0.25, -0.2) is 12.8 Å². The van der Waals surface area contributed by atoms with Crippen molar-refractivity contribution < 1.29 is 12.8 Å². The first-order valence-corrected chi connectivity index (χ1v) is 10.6. The van der Waals surface area contributed by atoms with Crippen LogP contribution in [0.25, 0.3) is 0 Å². The zero-order valence-electron chi connectivity index (χ0n) is 15.2. The molecule has 0 saturated heterocycles. The first-order valence-electron chi connectivity index (χ1n) is 8.61. The fourth-order valence-electron chi connectivity index (χ4n) is 2.44. The highest BCUT2D eigenvalue weighted by Crippen LogP contribution is 2.16. The third-order valence-electron chi connectivity index (χ3n) is 3.87. The van der Waals surface area contributed by atoms with Gasteiger partial charge in [0.15, 0.2) is 15.8 Å². The number of nitrogens with zero attached hydrogens (tertiary/aromatic N) is 1. The highest BCUT2D eigenvalue weighted by molar-refractivity contribution is 7.91. The van der Waals surface area contributed by atoms with Gasteiger partial charge in [0.1, 0.15) is 10.7 Å². The molecule has 0 radical (unpaired) electrons. The second-order valence-electron chi connectivity index (χ2n) is 5.93. The van der Waals surface area contributed by atoms with Crippen LogP contribution in [0.5, 0.6) is 0 Å². The van der Waals surface area contributed by atoms with Gasteiger partial charge in [0, 0.05) is 11.6 Å². The molecule has 27 heavy (non-hydrogen) atoms. The first-order chi connectivity index (χ1) is 12.8. The van der Waals surface area contributed by atoms with Crippen molar-refractivity contribution in [1.29, 1.82) is 0 Å². The van der Waals surface area contributed by atoms with Crippen molar-refractivity contribution in [1.82, 2.24) is 10.6 Å². The minimum atomic E-state index is -3.74. The molecule has 0 aromatic heterocycles. The van der Waals surface area contributed by atoms with Crippen LogP contribution in [0.15, 0.2) is 58.4 Å². The minimum Gasteiger partial charge on any atom is -0.357 e. The molecule has 8 heteroatoms. The normalized spacial score (nSPS) is 13.3. The molecule has 2 aromatic rings. The van der Waals surface area contributed by atoms with Crippen molar-refractivity contribution in [2.75, 3.05) is 18.8 Å². The van der Waals surface area contributed by atoms with E-state index in [1.165, 1.54) is 18.2 Å². The zero-order chi connectivity index (χ0) is 19.9. The summed E-state index contributed by atoms with van der Waals surface area (Å²) in [6, 6.07) is 12.7. The minimum absolute atomic E-state index is 0.0132. The van der Waals surface area contributed by atoms with Crippen LogP contribution in [0.4, 0.5) is 4.39 Å². The van der Waals surface area contributed by atoms with Gasteiger partial charge >= 0.3 is 0 Å². The smallest absolute Gasteiger partial charge is 0.191 e. The first kappa shape index (κ1) is 21.2. The van der Waals surface area contributed by atoms with Crippen LogP contribution in [-0.2, 0) is 9.84 Å². The predicted molar refractivity (Wildman–Crippen MR) is 107 cm³/mol. The Morgan fingerprint density at radius 2 is 1.85 bits per heavy atom. The van der Waals surface area contributed by atoms with Gasteiger partial charge in [-0.2, -0.15) is 0 Å². The molecule has 0 fully saturated rings. The van der Waals surface area contributed by atoms with Crippen molar-refractivity contribution in [3.8, 4) is 0 Å². The summed E-state index contributed by atoms with van der Waals surface area (Å²) in [6.45, 7) is 4.52. The summed E-state index contributed by atoms with van der Waals surface area (Å²) in [5.74, 6) is -0.536. The van der Waals surface area contributed by atoms with E-state index in [-0.39, 0.29) is 23.2 Å². The molecule has 2 aromatic carbocycles. The molecule has 1 atom stereocenters. The summed E-state index contributed by atoms with van der Waals surface area (Å²) in [4.78, 5) is 4.01. The van der Waals surface area contributed by atoms with E-state index in [0.29, 0.717) is 17.5 Å². The SMILES string of the molecule is CCNC(=NCCS(=O)(=O)c1ccccc1F)NC(C)c1ccc(Cl)cc1. The van der Waals surface area contributed by atoms with E-state index in [4.69, 9.17) is 11.6 Å². The number of halogens is 2. The number of guanidine groups is 1. The van der Waals surface area contributed by atoms with Crippen molar-refractivity contribution in [2.45, 2.75) is 24.8 Å². The maximum Gasteiger partial charge on any atom is 0.191 e. The predicted octanol–water partition coefficient (Wildman–Crippen LogP) is 3.57. The van der Waals surface area contributed by atoms with Crippen molar-refractivity contribution >= 4 is 27.4 Å². The van der Waals surface area contributed by atoms with Crippen LogP contribution >= 0.6 is 11.6 Å². The number of hydrogen-bond donors (Lipinski definition) is 2. The maximum atomic E-state index is 13.7. The van der Waals surface area contributed by atoms with Gasteiger partial charge in [0.05, 0.1) is 18.3 Å². The lowest BCUT2D eigenvalue weighted by molar-refractivity contribution is 0.567.